The molecule has 2 aliphatic rings. The molecule has 3 heteroatoms. The SMILES string of the molecule is C[C@@H]1CC(C)(C)N(C(=O)CNC2CCCCC2)c2ccccc21. The second kappa shape index (κ2) is 6.64. The minimum atomic E-state index is -0.126. The second-order valence-corrected chi connectivity index (χ2v) is 7.92. The first-order valence-corrected chi connectivity index (χ1v) is 9.14. The van der Waals surface area contributed by atoms with Gasteiger partial charge in [0.05, 0.1) is 6.54 Å². The topological polar surface area (TPSA) is 32.3 Å². The molecule has 0 unspecified atom stereocenters. The highest BCUT2D eigenvalue weighted by atomic mass is 16.2. The van der Waals surface area contributed by atoms with Crippen LogP contribution in [0.4, 0.5) is 5.69 Å². The van der Waals surface area contributed by atoms with E-state index in [0.717, 1.165) is 12.1 Å². The number of hydrogen-bond acceptors (Lipinski definition) is 2. The number of carbonyl (C=O) groups is 1. The van der Waals surface area contributed by atoms with Crippen LogP contribution in [-0.4, -0.2) is 24.0 Å². The Morgan fingerprint density at radius 3 is 2.65 bits per heavy atom. The number of amides is 1. The molecule has 1 aromatic rings. The van der Waals surface area contributed by atoms with Crippen LogP contribution in [0, 0.1) is 0 Å². The number of hydrogen-bond donors (Lipinski definition) is 1. The van der Waals surface area contributed by atoms with Crippen molar-refractivity contribution in [3.05, 3.63) is 29.8 Å². The van der Waals surface area contributed by atoms with Gasteiger partial charge in [0.1, 0.15) is 0 Å². The molecule has 1 aromatic carbocycles. The lowest BCUT2D eigenvalue weighted by molar-refractivity contribution is -0.119. The van der Waals surface area contributed by atoms with Crippen molar-refractivity contribution in [2.24, 2.45) is 0 Å². The van der Waals surface area contributed by atoms with Gasteiger partial charge in [-0.1, -0.05) is 44.4 Å². The molecule has 0 saturated heterocycles. The summed E-state index contributed by atoms with van der Waals surface area (Å²) in [4.78, 5) is 15.0. The third-order valence-electron chi connectivity index (χ3n) is 5.52. The molecular weight excluding hydrogens is 284 g/mol. The van der Waals surface area contributed by atoms with Gasteiger partial charge in [0.25, 0.3) is 0 Å². The van der Waals surface area contributed by atoms with Gasteiger partial charge in [-0.25, -0.2) is 0 Å². The van der Waals surface area contributed by atoms with E-state index in [1.165, 1.54) is 37.7 Å². The van der Waals surface area contributed by atoms with Crippen LogP contribution in [-0.2, 0) is 4.79 Å². The van der Waals surface area contributed by atoms with Crippen molar-refractivity contribution in [3.63, 3.8) is 0 Å². The van der Waals surface area contributed by atoms with Crippen LogP contribution in [0.3, 0.4) is 0 Å². The smallest absolute Gasteiger partial charge is 0.241 e. The van der Waals surface area contributed by atoms with E-state index in [0.29, 0.717) is 18.5 Å². The van der Waals surface area contributed by atoms with Crippen molar-refractivity contribution in [2.45, 2.75) is 76.8 Å². The summed E-state index contributed by atoms with van der Waals surface area (Å²) in [5.41, 5.74) is 2.28. The van der Waals surface area contributed by atoms with E-state index < -0.39 is 0 Å². The van der Waals surface area contributed by atoms with Crippen molar-refractivity contribution < 1.29 is 4.79 Å². The number of rotatable bonds is 3. The molecule has 1 amide bonds. The van der Waals surface area contributed by atoms with Gasteiger partial charge in [-0.3, -0.25) is 4.79 Å². The Bertz CT molecular complexity index is 561. The fourth-order valence-electron chi connectivity index (χ4n) is 4.47. The maximum absolute atomic E-state index is 13.0. The van der Waals surface area contributed by atoms with Crippen molar-refractivity contribution in [2.75, 3.05) is 11.4 Å². The molecule has 1 N–H and O–H groups in total. The lowest BCUT2D eigenvalue weighted by atomic mass is 9.80. The summed E-state index contributed by atoms with van der Waals surface area (Å²) >= 11 is 0. The quantitative estimate of drug-likeness (QED) is 0.905. The van der Waals surface area contributed by atoms with Gasteiger partial charge in [-0.15, -0.1) is 0 Å². The summed E-state index contributed by atoms with van der Waals surface area (Å²) in [5.74, 6) is 0.705. The first-order chi connectivity index (χ1) is 11.0. The van der Waals surface area contributed by atoms with E-state index in [9.17, 15) is 4.79 Å². The van der Waals surface area contributed by atoms with E-state index in [4.69, 9.17) is 0 Å². The molecule has 0 bridgehead atoms. The summed E-state index contributed by atoms with van der Waals surface area (Å²) in [6, 6.07) is 8.92. The van der Waals surface area contributed by atoms with Gasteiger partial charge in [-0.05, 0) is 50.7 Å². The van der Waals surface area contributed by atoms with Crippen molar-refractivity contribution in [1.82, 2.24) is 5.32 Å². The first-order valence-electron chi connectivity index (χ1n) is 9.14. The molecular formula is C20H30N2O. The average molecular weight is 314 g/mol. The van der Waals surface area contributed by atoms with E-state index >= 15 is 0 Å². The van der Waals surface area contributed by atoms with Gasteiger partial charge in [-0.2, -0.15) is 0 Å². The maximum atomic E-state index is 13.0. The van der Waals surface area contributed by atoms with Crippen LogP contribution < -0.4 is 10.2 Å². The second-order valence-electron chi connectivity index (χ2n) is 7.92. The summed E-state index contributed by atoms with van der Waals surface area (Å²) in [6.45, 7) is 7.11. The summed E-state index contributed by atoms with van der Waals surface area (Å²) in [7, 11) is 0. The molecule has 3 nitrogen and oxygen atoms in total. The van der Waals surface area contributed by atoms with E-state index in [2.05, 4.69) is 44.3 Å². The molecule has 0 radical (unpaired) electrons. The molecule has 23 heavy (non-hydrogen) atoms. The van der Waals surface area contributed by atoms with E-state index in [1.807, 2.05) is 11.0 Å². The Morgan fingerprint density at radius 2 is 1.91 bits per heavy atom. The minimum Gasteiger partial charge on any atom is -0.306 e. The number of nitrogens with zero attached hydrogens (tertiary/aromatic N) is 1. The molecule has 1 saturated carbocycles. The zero-order valence-corrected chi connectivity index (χ0v) is 14.8. The summed E-state index contributed by atoms with van der Waals surface area (Å²) in [6.07, 6.45) is 7.37. The number of anilines is 1. The molecule has 1 heterocycles. The van der Waals surface area contributed by atoms with Crippen molar-refractivity contribution in [3.8, 4) is 0 Å². The zero-order valence-electron chi connectivity index (χ0n) is 14.8. The van der Waals surface area contributed by atoms with Crippen LogP contribution in [0.5, 0.6) is 0 Å². The Hall–Kier alpha value is -1.35. The van der Waals surface area contributed by atoms with E-state index in [-0.39, 0.29) is 11.4 Å². The van der Waals surface area contributed by atoms with Gasteiger partial charge >= 0.3 is 0 Å². The highest BCUT2D eigenvalue weighted by Crippen LogP contribution is 2.43. The monoisotopic (exact) mass is 314 g/mol. The van der Waals surface area contributed by atoms with Crippen LogP contribution in [0.15, 0.2) is 24.3 Å². The third-order valence-corrected chi connectivity index (χ3v) is 5.52. The molecule has 1 aliphatic heterocycles. The maximum Gasteiger partial charge on any atom is 0.241 e. The normalized spacial score (nSPS) is 24.3. The Morgan fingerprint density at radius 1 is 1.22 bits per heavy atom. The number of para-hydroxylation sites is 1. The van der Waals surface area contributed by atoms with Crippen LogP contribution in [0.25, 0.3) is 0 Å². The van der Waals surface area contributed by atoms with Crippen LogP contribution >= 0.6 is 0 Å². The average Bonchev–Trinajstić information content (AvgIpc) is 2.53. The molecule has 126 valence electrons. The molecule has 1 aliphatic carbocycles. The molecule has 1 atom stereocenters. The lowest BCUT2D eigenvalue weighted by Crippen LogP contribution is -2.54. The van der Waals surface area contributed by atoms with Crippen molar-refractivity contribution in [1.29, 1.82) is 0 Å². The predicted octanol–water partition coefficient (Wildman–Crippen LogP) is 4.23. The summed E-state index contributed by atoms with van der Waals surface area (Å²) < 4.78 is 0. The number of carbonyl (C=O) groups excluding carboxylic acids is 1. The fraction of sp³-hybridized carbons (Fsp3) is 0.650. The highest BCUT2D eigenvalue weighted by Gasteiger charge is 2.39. The molecule has 0 aromatic heterocycles. The van der Waals surface area contributed by atoms with Gasteiger partial charge in [0.2, 0.25) is 5.91 Å². The number of nitrogens with one attached hydrogen (secondary N) is 1. The molecule has 0 spiro atoms. The highest BCUT2D eigenvalue weighted by molar-refractivity contribution is 5.97. The zero-order chi connectivity index (χ0) is 16.4. The van der Waals surface area contributed by atoms with E-state index in [1.54, 1.807) is 0 Å². The standard InChI is InChI=1S/C20H30N2O/c1-15-13-20(2,3)22(18-12-8-7-11-17(15)18)19(23)14-21-16-9-5-4-6-10-16/h7-8,11-12,15-16,21H,4-6,9-10,13-14H2,1-3H3/t15-/m1/s1. The Kier molecular flexibility index (Phi) is 4.77. The fourth-order valence-corrected chi connectivity index (χ4v) is 4.47. The molecule has 3 rings (SSSR count). The Balaban J connectivity index is 1.76. The Labute approximate surface area is 140 Å². The lowest BCUT2D eigenvalue weighted by Gasteiger charge is -2.46. The van der Waals surface area contributed by atoms with Crippen LogP contribution in [0.1, 0.15) is 70.8 Å². The number of fused-ring (bicyclic) bond motifs is 1. The minimum absolute atomic E-state index is 0.126. The van der Waals surface area contributed by atoms with Gasteiger partial charge < -0.3 is 10.2 Å². The third kappa shape index (κ3) is 3.45. The largest absolute Gasteiger partial charge is 0.306 e. The van der Waals surface area contributed by atoms with Gasteiger partial charge in [0, 0.05) is 17.3 Å². The van der Waals surface area contributed by atoms with Crippen LogP contribution in [0.2, 0.25) is 0 Å². The molecule has 1 fully saturated rings. The summed E-state index contributed by atoms with van der Waals surface area (Å²) in [5, 5.41) is 3.51. The van der Waals surface area contributed by atoms with Gasteiger partial charge in [0.15, 0.2) is 0 Å². The van der Waals surface area contributed by atoms with Crippen molar-refractivity contribution >= 4 is 11.6 Å². The first kappa shape index (κ1) is 16.5. The predicted molar refractivity (Wildman–Crippen MR) is 95.9 cm³/mol. The number of benzene rings is 1.